The van der Waals surface area contributed by atoms with Crippen molar-refractivity contribution < 1.29 is 4.79 Å². The molecule has 17 heavy (non-hydrogen) atoms. The molecule has 2 fully saturated rings. The molecule has 1 saturated heterocycles. The summed E-state index contributed by atoms with van der Waals surface area (Å²) < 4.78 is 0. The summed E-state index contributed by atoms with van der Waals surface area (Å²) in [7, 11) is 0. The van der Waals surface area contributed by atoms with Crippen LogP contribution in [0, 0.1) is 0 Å². The van der Waals surface area contributed by atoms with Gasteiger partial charge >= 0.3 is 0 Å². The lowest BCUT2D eigenvalue weighted by Gasteiger charge is -2.30. The molecule has 4 heteroatoms. The lowest BCUT2D eigenvalue weighted by Crippen LogP contribution is -2.49. The smallest absolute Gasteiger partial charge is 0.236 e. The summed E-state index contributed by atoms with van der Waals surface area (Å²) in [5.74, 6) is 0.350. The largest absolute Gasteiger partial charge is 0.339 e. The van der Waals surface area contributed by atoms with E-state index in [9.17, 15) is 4.79 Å². The summed E-state index contributed by atoms with van der Waals surface area (Å²) in [5.41, 5.74) is 0. The summed E-state index contributed by atoms with van der Waals surface area (Å²) >= 11 is 0. The van der Waals surface area contributed by atoms with Gasteiger partial charge in [-0.15, -0.1) is 0 Å². The molecule has 0 unspecified atom stereocenters. The second-order valence-electron chi connectivity index (χ2n) is 5.20. The number of piperazine rings is 1. The maximum Gasteiger partial charge on any atom is 0.236 e. The van der Waals surface area contributed by atoms with E-state index in [0.29, 0.717) is 18.5 Å². The maximum atomic E-state index is 12.3. The van der Waals surface area contributed by atoms with E-state index in [2.05, 4.69) is 22.0 Å². The third-order valence-electron chi connectivity index (χ3n) is 3.63. The average Bonchev–Trinajstić information content (AvgIpc) is 3.15. The highest BCUT2D eigenvalue weighted by Crippen LogP contribution is 2.27. The van der Waals surface area contributed by atoms with Crippen LogP contribution in [0.4, 0.5) is 0 Å². The Hall–Kier alpha value is -0.610. The standard InChI is InChI=1S/C13H25N3O/c1-2-3-8-16(12-4-5-12)13(17)11-15-9-6-14-7-10-15/h12,14H,2-11H2,1H3. The fourth-order valence-electron chi connectivity index (χ4n) is 2.38. The van der Waals surface area contributed by atoms with Crippen molar-refractivity contribution in [2.45, 2.75) is 38.6 Å². The van der Waals surface area contributed by atoms with Gasteiger partial charge in [0.15, 0.2) is 0 Å². The van der Waals surface area contributed by atoms with Crippen molar-refractivity contribution in [2.75, 3.05) is 39.3 Å². The van der Waals surface area contributed by atoms with Crippen LogP contribution in [0.25, 0.3) is 0 Å². The number of hydrogen-bond donors (Lipinski definition) is 1. The van der Waals surface area contributed by atoms with Crippen LogP contribution in [0.5, 0.6) is 0 Å². The van der Waals surface area contributed by atoms with Gasteiger partial charge in [-0.05, 0) is 19.3 Å². The van der Waals surface area contributed by atoms with Crippen LogP contribution in [0.2, 0.25) is 0 Å². The first kappa shape index (κ1) is 12.8. The first-order chi connectivity index (χ1) is 8.31. The number of carbonyl (C=O) groups excluding carboxylic acids is 1. The molecule has 2 rings (SSSR count). The van der Waals surface area contributed by atoms with E-state index >= 15 is 0 Å². The van der Waals surface area contributed by atoms with Gasteiger partial charge in [0.05, 0.1) is 6.54 Å². The molecule has 1 heterocycles. The molecular weight excluding hydrogens is 214 g/mol. The van der Waals surface area contributed by atoms with E-state index in [1.54, 1.807) is 0 Å². The second-order valence-corrected chi connectivity index (χ2v) is 5.20. The van der Waals surface area contributed by atoms with Crippen molar-refractivity contribution in [1.82, 2.24) is 15.1 Å². The summed E-state index contributed by atoms with van der Waals surface area (Å²) in [5, 5.41) is 3.32. The van der Waals surface area contributed by atoms with E-state index in [-0.39, 0.29) is 0 Å². The fourth-order valence-corrected chi connectivity index (χ4v) is 2.38. The number of nitrogens with one attached hydrogen (secondary N) is 1. The topological polar surface area (TPSA) is 35.6 Å². The maximum absolute atomic E-state index is 12.3. The molecule has 1 aliphatic carbocycles. The monoisotopic (exact) mass is 239 g/mol. The molecule has 0 bridgehead atoms. The van der Waals surface area contributed by atoms with Crippen LogP contribution in [-0.4, -0.2) is 61.0 Å². The summed E-state index contributed by atoms with van der Waals surface area (Å²) in [6, 6.07) is 0.567. The lowest BCUT2D eigenvalue weighted by atomic mass is 10.3. The summed E-state index contributed by atoms with van der Waals surface area (Å²) in [6.45, 7) is 7.84. The molecule has 1 saturated carbocycles. The van der Waals surface area contributed by atoms with Crippen molar-refractivity contribution in [1.29, 1.82) is 0 Å². The van der Waals surface area contributed by atoms with E-state index in [4.69, 9.17) is 0 Å². The quantitative estimate of drug-likeness (QED) is 0.740. The summed E-state index contributed by atoms with van der Waals surface area (Å²) in [4.78, 5) is 16.7. The van der Waals surface area contributed by atoms with Gasteiger partial charge < -0.3 is 10.2 Å². The summed E-state index contributed by atoms with van der Waals surface area (Å²) in [6.07, 6.45) is 4.75. The van der Waals surface area contributed by atoms with Gasteiger partial charge in [-0.25, -0.2) is 0 Å². The Bertz CT molecular complexity index is 247. The Morgan fingerprint density at radius 1 is 1.35 bits per heavy atom. The third-order valence-corrected chi connectivity index (χ3v) is 3.63. The van der Waals surface area contributed by atoms with Crippen molar-refractivity contribution in [3.8, 4) is 0 Å². The zero-order chi connectivity index (χ0) is 12.1. The highest BCUT2D eigenvalue weighted by atomic mass is 16.2. The number of unbranched alkanes of at least 4 members (excludes halogenated alkanes) is 1. The Kier molecular flexibility index (Phi) is 4.80. The molecule has 1 aliphatic heterocycles. The first-order valence-corrected chi connectivity index (χ1v) is 7.04. The Morgan fingerprint density at radius 2 is 2.06 bits per heavy atom. The molecule has 0 spiro atoms. The molecule has 0 aromatic carbocycles. The number of nitrogens with zero attached hydrogens (tertiary/aromatic N) is 2. The Morgan fingerprint density at radius 3 is 2.65 bits per heavy atom. The van der Waals surface area contributed by atoms with Crippen LogP contribution in [0.1, 0.15) is 32.6 Å². The van der Waals surface area contributed by atoms with Gasteiger partial charge in [0, 0.05) is 38.8 Å². The van der Waals surface area contributed by atoms with E-state index in [1.807, 2.05) is 0 Å². The molecule has 4 nitrogen and oxygen atoms in total. The Labute approximate surface area is 104 Å². The molecule has 1 amide bonds. The van der Waals surface area contributed by atoms with Crippen molar-refractivity contribution in [3.63, 3.8) is 0 Å². The molecule has 0 radical (unpaired) electrons. The minimum atomic E-state index is 0.350. The number of rotatable bonds is 6. The minimum absolute atomic E-state index is 0.350. The molecule has 0 aromatic heterocycles. The van der Waals surface area contributed by atoms with Gasteiger partial charge in [-0.1, -0.05) is 13.3 Å². The SMILES string of the molecule is CCCCN(C(=O)CN1CCNCC1)C1CC1. The second kappa shape index (κ2) is 6.36. The van der Waals surface area contributed by atoms with Gasteiger partial charge in [0.1, 0.15) is 0 Å². The fraction of sp³-hybridized carbons (Fsp3) is 0.923. The molecular formula is C13H25N3O. The molecule has 1 N–H and O–H groups in total. The van der Waals surface area contributed by atoms with Crippen LogP contribution < -0.4 is 5.32 Å². The molecule has 2 aliphatic rings. The van der Waals surface area contributed by atoms with Crippen LogP contribution in [0.15, 0.2) is 0 Å². The minimum Gasteiger partial charge on any atom is -0.339 e. The van der Waals surface area contributed by atoms with Crippen LogP contribution in [0.3, 0.4) is 0 Å². The van der Waals surface area contributed by atoms with Crippen LogP contribution in [-0.2, 0) is 4.79 Å². The number of amides is 1. The van der Waals surface area contributed by atoms with Crippen molar-refractivity contribution in [2.24, 2.45) is 0 Å². The third kappa shape index (κ3) is 3.96. The van der Waals surface area contributed by atoms with Crippen LogP contribution >= 0.6 is 0 Å². The number of carbonyl (C=O) groups is 1. The van der Waals surface area contributed by atoms with Crippen molar-refractivity contribution in [3.05, 3.63) is 0 Å². The average molecular weight is 239 g/mol. The van der Waals surface area contributed by atoms with E-state index in [0.717, 1.165) is 39.1 Å². The Balaban J connectivity index is 1.78. The molecule has 0 aromatic rings. The first-order valence-electron chi connectivity index (χ1n) is 7.04. The van der Waals surface area contributed by atoms with Gasteiger partial charge in [0.25, 0.3) is 0 Å². The van der Waals surface area contributed by atoms with E-state index < -0.39 is 0 Å². The highest BCUT2D eigenvalue weighted by Gasteiger charge is 2.32. The normalized spacial score (nSPS) is 21.5. The van der Waals surface area contributed by atoms with E-state index in [1.165, 1.54) is 19.3 Å². The van der Waals surface area contributed by atoms with Gasteiger partial charge in [-0.2, -0.15) is 0 Å². The predicted octanol–water partition coefficient (Wildman–Crippen LogP) is 0.683. The number of hydrogen-bond acceptors (Lipinski definition) is 3. The van der Waals surface area contributed by atoms with Crippen molar-refractivity contribution >= 4 is 5.91 Å². The molecule has 98 valence electrons. The van der Waals surface area contributed by atoms with Gasteiger partial charge in [-0.3, -0.25) is 9.69 Å². The highest BCUT2D eigenvalue weighted by molar-refractivity contribution is 5.79. The van der Waals surface area contributed by atoms with Gasteiger partial charge in [0.2, 0.25) is 5.91 Å². The zero-order valence-corrected chi connectivity index (χ0v) is 11.0. The lowest BCUT2D eigenvalue weighted by molar-refractivity contribution is -0.133. The predicted molar refractivity (Wildman–Crippen MR) is 69.0 cm³/mol. The zero-order valence-electron chi connectivity index (χ0n) is 11.0. The molecule has 0 atom stereocenters.